The Labute approximate surface area is 136 Å². The molecule has 0 spiro atoms. The zero-order chi connectivity index (χ0) is 16.8. The van der Waals surface area contributed by atoms with Crippen LogP contribution in [0.4, 0.5) is 0 Å². The van der Waals surface area contributed by atoms with Crippen LogP contribution in [0.5, 0.6) is 0 Å². The van der Waals surface area contributed by atoms with Crippen molar-refractivity contribution < 1.29 is 17.9 Å². The van der Waals surface area contributed by atoms with E-state index in [1.54, 1.807) is 13.0 Å². The van der Waals surface area contributed by atoms with E-state index in [2.05, 4.69) is 0 Å². The molecule has 1 rings (SSSR count). The van der Waals surface area contributed by atoms with E-state index in [1.165, 1.54) is 13.0 Å². The molecule has 22 heavy (non-hydrogen) atoms. The van der Waals surface area contributed by atoms with Gasteiger partial charge in [-0.25, -0.2) is 8.42 Å². The standard InChI is InChI=1S/C16H19ClO4S/c1-12(11-14-7-5-4-6-8-14)16(21-13(2)18)15(9-10-17)22(3,19)20/h4-11,15-16H,1-3H3/b10-9+,12-11+/t15-,16+/m0/s1. The molecule has 2 atom stereocenters. The van der Waals surface area contributed by atoms with Crippen LogP contribution in [0.1, 0.15) is 19.4 Å². The number of halogens is 1. The number of hydrogen-bond acceptors (Lipinski definition) is 4. The third-order valence-electron chi connectivity index (χ3n) is 2.99. The number of carbonyl (C=O) groups is 1. The van der Waals surface area contributed by atoms with Crippen molar-refractivity contribution in [2.24, 2.45) is 0 Å². The molecule has 4 nitrogen and oxygen atoms in total. The zero-order valence-electron chi connectivity index (χ0n) is 12.7. The average molecular weight is 343 g/mol. The van der Waals surface area contributed by atoms with Gasteiger partial charge in [-0.1, -0.05) is 54.1 Å². The number of carbonyl (C=O) groups excluding carboxylic acids is 1. The van der Waals surface area contributed by atoms with Crippen molar-refractivity contribution >= 4 is 33.5 Å². The lowest BCUT2D eigenvalue weighted by molar-refractivity contribution is -0.144. The topological polar surface area (TPSA) is 60.4 Å². The summed E-state index contributed by atoms with van der Waals surface area (Å²) in [5, 5.41) is -1.03. The van der Waals surface area contributed by atoms with E-state index >= 15 is 0 Å². The van der Waals surface area contributed by atoms with Crippen LogP contribution in [0, 0.1) is 0 Å². The molecule has 0 saturated heterocycles. The van der Waals surface area contributed by atoms with Gasteiger partial charge < -0.3 is 4.74 Å². The summed E-state index contributed by atoms with van der Waals surface area (Å²) in [5.41, 5.74) is 2.63. The summed E-state index contributed by atoms with van der Waals surface area (Å²) < 4.78 is 29.2. The number of sulfone groups is 1. The van der Waals surface area contributed by atoms with Crippen LogP contribution in [-0.2, 0) is 19.4 Å². The van der Waals surface area contributed by atoms with Crippen LogP contribution >= 0.6 is 11.6 Å². The van der Waals surface area contributed by atoms with Gasteiger partial charge in [0.05, 0.1) is 0 Å². The quantitative estimate of drug-likeness (QED) is 0.745. The van der Waals surface area contributed by atoms with Crippen molar-refractivity contribution in [2.45, 2.75) is 25.2 Å². The normalized spacial score (nSPS) is 15.5. The molecule has 0 amide bonds. The van der Waals surface area contributed by atoms with Crippen molar-refractivity contribution in [3.8, 4) is 0 Å². The molecule has 1 aromatic carbocycles. The Morgan fingerprint density at radius 2 is 1.82 bits per heavy atom. The first kappa shape index (κ1) is 18.5. The molecule has 120 valence electrons. The van der Waals surface area contributed by atoms with E-state index < -0.39 is 27.2 Å². The fraction of sp³-hybridized carbons (Fsp3) is 0.312. The highest BCUT2D eigenvalue weighted by atomic mass is 35.5. The largest absolute Gasteiger partial charge is 0.456 e. The van der Waals surface area contributed by atoms with E-state index in [0.29, 0.717) is 5.57 Å². The highest BCUT2D eigenvalue weighted by molar-refractivity contribution is 7.91. The maximum absolute atomic E-state index is 12.0. The third-order valence-corrected chi connectivity index (χ3v) is 4.53. The first-order valence-electron chi connectivity index (χ1n) is 6.62. The maximum Gasteiger partial charge on any atom is 0.303 e. The van der Waals surface area contributed by atoms with E-state index in [9.17, 15) is 13.2 Å². The number of benzene rings is 1. The Hall–Kier alpha value is -1.59. The van der Waals surface area contributed by atoms with Crippen molar-refractivity contribution in [3.05, 3.63) is 53.1 Å². The van der Waals surface area contributed by atoms with Crippen molar-refractivity contribution in [2.75, 3.05) is 6.26 Å². The van der Waals surface area contributed by atoms with Crippen LogP contribution in [0.15, 0.2) is 47.5 Å². The van der Waals surface area contributed by atoms with Gasteiger partial charge in [-0.2, -0.15) is 0 Å². The summed E-state index contributed by atoms with van der Waals surface area (Å²) in [6, 6.07) is 9.37. The Bertz CT molecular complexity index is 663. The molecule has 0 N–H and O–H groups in total. The average Bonchev–Trinajstić information content (AvgIpc) is 2.42. The first-order chi connectivity index (χ1) is 10.3. The second-order valence-corrected chi connectivity index (χ2v) is 7.40. The molecule has 0 radical (unpaired) electrons. The van der Waals surface area contributed by atoms with Crippen molar-refractivity contribution in [1.82, 2.24) is 0 Å². The van der Waals surface area contributed by atoms with Crippen LogP contribution in [0.2, 0.25) is 0 Å². The summed E-state index contributed by atoms with van der Waals surface area (Å²) in [6.45, 7) is 2.97. The minimum Gasteiger partial charge on any atom is -0.456 e. The molecule has 0 bridgehead atoms. The van der Waals surface area contributed by atoms with Crippen LogP contribution in [0.3, 0.4) is 0 Å². The third kappa shape index (κ3) is 5.66. The fourth-order valence-corrected chi connectivity index (χ4v) is 3.36. The monoisotopic (exact) mass is 342 g/mol. The van der Waals surface area contributed by atoms with Crippen LogP contribution in [0.25, 0.3) is 6.08 Å². The molecule has 1 aromatic rings. The predicted octanol–water partition coefficient (Wildman–Crippen LogP) is 3.19. The van der Waals surface area contributed by atoms with Crippen molar-refractivity contribution in [3.63, 3.8) is 0 Å². The number of esters is 1. The van der Waals surface area contributed by atoms with Gasteiger partial charge in [-0.3, -0.25) is 4.79 Å². The second-order valence-electron chi connectivity index (χ2n) is 4.94. The minimum absolute atomic E-state index is 0.553. The molecule has 0 heterocycles. The summed E-state index contributed by atoms with van der Waals surface area (Å²) in [4.78, 5) is 11.3. The highest BCUT2D eigenvalue weighted by Crippen LogP contribution is 2.21. The molecule has 0 aliphatic rings. The maximum atomic E-state index is 12.0. The second kappa shape index (κ2) is 8.15. The molecule has 0 aliphatic carbocycles. The van der Waals surface area contributed by atoms with E-state index in [-0.39, 0.29) is 0 Å². The van der Waals surface area contributed by atoms with E-state index in [4.69, 9.17) is 16.3 Å². The zero-order valence-corrected chi connectivity index (χ0v) is 14.3. The Morgan fingerprint density at radius 3 is 2.27 bits per heavy atom. The SMILES string of the molecule is CC(=O)O[C@H](/C(C)=C/c1ccccc1)[C@H](/C=C/Cl)S(C)(=O)=O. The van der Waals surface area contributed by atoms with Crippen LogP contribution < -0.4 is 0 Å². The highest BCUT2D eigenvalue weighted by Gasteiger charge is 2.32. The molecule has 0 aliphatic heterocycles. The van der Waals surface area contributed by atoms with Gasteiger partial charge in [0.25, 0.3) is 0 Å². The lowest BCUT2D eigenvalue weighted by Gasteiger charge is -2.24. The Kier molecular flexibility index (Phi) is 6.84. The van der Waals surface area contributed by atoms with Gasteiger partial charge in [0, 0.05) is 18.7 Å². The van der Waals surface area contributed by atoms with Gasteiger partial charge in [0.1, 0.15) is 11.4 Å². The Morgan fingerprint density at radius 1 is 1.23 bits per heavy atom. The number of rotatable bonds is 6. The molecule has 0 aromatic heterocycles. The molecule has 0 saturated carbocycles. The summed E-state index contributed by atoms with van der Waals surface area (Å²) >= 11 is 5.54. The first-order valence-corrected chi connectivity index (χ1v) is 9.01. The van der Waals surface area contributed by atoms with E-state index in [0.717, 1.165) is 17.4 Å². The minimum atomic E-state index is -3.50. The molecule has 0 fully saturated rings. The summed E-state index contributed by atoms with van der Waals surface area (Å²) in [6.07, 6.45) is 3.25. The number of ether oxygens (including phenoxy) is 1. The summed E-state index contributed by atoms with van der Waals surface area (Å²) in [5.74, 6) is -0.553. The Balaban J connectivity index is 3.27. The smallest absolute Gasteiger partial charge is 0.303 e. The number of hydrogen-bond donors (Lipinski definition) is 0. The predicted molar refractivity (Wildman–Crippen MR) is 89.3 cm³/mol. The summed E-state index contributed by atoms with van der Waals surface area (Å²) in [7, 11) is -3.50. The van der Waals surface area contributed by atoms with Gasteiger partial charge in [-0.15, -0.1) is 0 Å². The molecule has 0 unspecified atom stereocenters. The van der Waals surface area contributed by atoms with Gasteiger partial charge in [0.15, 0.2) is 9.84 Å². The van der Waals surface area contributed by atoms with Crippen molar-refractivity contribution in [1.29, 1.82) is 0 Å². The lowest BCUT2D eigenvalue weighted by atomic mass is 10.0. The lowest BCUT2D eigenvalue weighted by Crippen LogP contribution is -2.36. The fourth-order valence-electron chi connectivity index (χ4n) is 2.03. The van der Waals surface area contributed by atoms with Gasteiger partial charge in [0.2, 0.25) is 0 Å². The molecule has 6 heteroatoms. The van der Waals surface area contributed by atoms with Gasteiger partial charge in [-0.05, 0) is 18.1 Å². The molecular weight excluding hydrogens is 324 g/mol. The van der Waals surface area contributed by atoms with E-state index in [1.807, 2.05) is 30.3 Å². The molecular formula is C16H19ClO4S. The van der Waals surface area contributed by atoms with Crippen LogP contribution in [-0.4, -0.2) is 32.0 Å². The van der Waals surface area contributed by atoms with Gasteiger partial charge >= 0.3 is 5.97 Å².